The zero-order chi connectivity index (χ0) is 31.0. The van der Waals surface area contributed by atoms with E-state index in [0.29, 0.717) is 25.8 Å². The van der Waals surface area contributed by atoms with Crippen LogP contribution in [0.15, 0.2) is 0 Å². The van der Waals surface area contributed by atoms with Crippen LogP contribution in [0.2, 0.25) is 0 Å². The Hall–Kier alpha value is -1.13. The van der Waals surface area contributed by atoms with Gasteiger partial charge in [-0.1, -0.05) is 0 Å². The van der Waals surface area contributed by atoms with E-state index in [1.165, 1.54) is 0 Å². The number of carbonyl (C=O) groups is 1. The SMILES string of the molecule is NCC[C@H](O)C(=O)N[C@@H]1C[C@H](N)C(O[C@H]2OC(CN)CCC2N)C(NCCCO)[C@H]1O[C@H]1OC(CO)[C@@H](O)[C@H](N)C1O. The summed E-state index contributed by atoms with van der Waals surface area (Å²) in [4.78, 5) is 12.9. The number of carbonyl (C=O) groups excluding carboxylic acids is 1. The van der Waals surface area contributed by atoms with Gasteiger partial charge in [0.1, 0.15) is 24.4 Å². The minimum Gasteiger partial charge on any atom is -0.396 e. The van der Waals surface area contributed by atoms with Gasteiger partial charge in [-0.2, -0.15) is 0 Å². The van der Waals surface area contributed by atoms with Crippen molar-refractivity contribution in [3.05, 3.63) is 0 Å². The van der Waals surface area contributed by atoms with Gasteiger partial charge in [0.05, 0.1) is 49.1 Å². The molecule has 17 N–H and O–H groups in total. The number of rotatable bonds is 14. The lowest BCUT2D eigenvalue weighted by Crippen LogP contribution is -2.71. The first kappa shape index (κ1) is 35.4. The number of hydrogen-bond donors (Lipinski definition) is 12. The van der Waals surface area contributed by atoms with E-state index in [4.69, 9.17) is 47.6 Å². The molecule has 1 amide bonds. The number of nitrogens with two attached hydrogens (primary N) is 5. The molecule has 1 aliphatic carbocycles. The van der Waals surface area contributed by atoms with Gasteiger partial charge in [0.15, 0.2) is 12.6 Å². The van der Waals surface area contributed by atoms with Gasteiger partial charge in [-0.25, -0.2) is 0 Å². The Morgan fingerprint density at radius 1 is 0.976 bits per heavy atom. The maximum absolute atomic E-state index is 12.9. The highest BCUT2D eigenvalue weighted by Gasteiger charge is 2.51. The van der Waals surface area contributed by atoms with Gasteiger partial charge < -0.3 is 83.8 Å². The third kappa shape index (κ3) is 8.74. The van der Waals surface area contributed by atoms with E-state index >= 15 is 0 Å². The molecule has 14 atom stereocenters. The summed E-state index contributed by atoms with van der Waals surface area (Å²) in [6, 6.07) is -4.00. The van der Waals surface area contributed by atoms with E-state index in [1.54, 1.807) is 0 Å². The summed E-state index contributed by atoms with van der Waals surface area (Å²) in [6.45, 7) is -0.0552. The van der Waals surface area contributed by atoms with E-state index in [9.17, 15) is 30.3 Å². The van der Waals surface area contributed by atoms with Crippen molar-refractivity contribution in [1.29, 1.82) is 0 Å². The van der Waals surface area contributed by atoms with Crippen molar-refractivity contribution >= 4 is 5.91 Å². The molecule has 0 aromatic heterocycles. The second-order valence-electron chi connectivity index (χ2n) is 11.3. The number of aliphatic hydroxyl groups is 5. The molecule has 2 aliphatic heterocycles. The van der Waals surface area contributed by atoms with Gasteiger partial charge in [-0.15, -0.1) is 0 Å². The van der Waals surface area contributed by atoms with Crippen LogP contribution in [-0.2, 0) is 23.7 Å². The fourth-order valence-corrected chi connectivity index (χ4v) is 5.64. The zero-order valence-electron chi connectivity index (χ0n) is 23.8. The van der Waals surface area contributed by atoms with Crippen molar-refractivity contribution in [2.45, 2.75) is 118 Å². The van der Waals surface area contributed by atoms with Crippen molar-refractivity contribution in [1.82, 2.24) is 10.6 Å². The van der Waals surface area contributed by atoms with Crippen LogP contribution in [0.3, 0.4) is 0 Å². The predicted molar refractivity (Wildman–Crippen MR) is 148 cm³/mol. The quantitative estimate of drug-likeness (QED) is 0.0814. The van der Waals surface area contributed by atoms with E-state index in [0.717, 1.165) is 0 Å². The summed E-state index contributed by atoms with van der Waals surface area (Å²) in [5, 5.41) is 56.6. The Kier molecular flexibility index (Phi) is 14.1. The third-order valence-electron chi connectivity index (χ3n) is 8.12. The minimum absolute atomic E-state index is 0.0225. The van der Waals surface area contributed by atoms with Gasteiger partial charge in [0.25, 0.3) is 0 Å². The fourth-order valence-electron chi connectivity index (χ4n) is 5.64. The third-order valence-corrected chi connectivity index (χ3v) is 8.12. The number of ether oxygens (including phenoxy) is 4. The Labute approximate surface area is 245 Å². The molecule has 17 nitrogen and oxygen atoms in total. The largest absolute Gasteiger partial charge is 0.396 e. The average Bonchev–Trinajstić information content (AvgIpc) is 2.97. The average molecular weight is 610 g/mol. The van der Waals surface area contributed by atoms with E-state index < -0.39 is 91.9 Å². The van der Waals surface area contributed by atoms with Gasteiger partial charge in [0, 0.05) is 19.2 Å². The second-order valence-corrected chi connectivity index (χ2v) is 11.3. The summed E-state index contributed by atoms with van der Waals surface area (Å²) in [6.07, 6.45) is -7.98. The van der Waals surface area contributed by atoms with Crippen LogP contribution < -0.4 is 39.3 Å². The van der Waals surface area contributed by atoms with Crippen LogP contribution in [0.1, 0.15) is 32.1 Å². The molecule has 0 bridgehead atoms. The maximum atomic E-state index is 12.9. The van der Waals surface area contributed by atoms with E-state index in [2.05, 4.69) is 10.6 Å². The van der Waals surface area contributed by atoms with Crippen LogP contribution in [0.25, 0.3) is 0 Å². The van der Waals surface area contributed by atoms with Crippen molar-refractivity contribution in [2.24, 2.45) is 28.7 Å². The summed E-state index contributed by atoms with van der Waals surface area (Å²) in [5.74, 6) is -0.700. The maximum Gasteiger partial charge on any atom is 0.249 e. The molecule has 0 radical (unpaired) electrons. The minimum atomic E-state index is -1.50. The summed E-state index contributed by atoms with van der Waals surface area (Å²) < 4.78 is 24.3. The molecule has 3 rings (SSSR count). The molecule has 3 fully saturated rings. The molecule has 17 heteroatoms. The zero-order valence-corrected chi connectivity index (χ0v) is 23.8. The Balaban J connectivity index is 1.94. The number of hydrogen-bond acceptors (Lipinski definition) is 16. The van der Waals surface area contributed by atoms with Crippen LogP contribution in [0.5, 0.6) is 0 Å². The molecule has 1 saturated carbocycles. The smallest absolute Gasteiger partial charge is 0.249 e. The van der Waals surface area contributed by atoms with Gasteiger partial charge in [-0.05, 0) is 45.2 Å². The molecule has 42 heavy (non-hydrogen) atoms. The molecule has 2 saturated heterocycles. The van der Waals surface area contributed by atoms with Crippen molar-refractivity contribution in [2.75, 3.05) is 32.8 Å². The van der Waals surface area contributed by atoms with Crippen molar-refractivity contribution in [3.63, 3.8) is 0 Å². The molecule has 0 aromatic carbocycles. The predicted octanol–water partition coefficient (Wildman–Crippen LogP) is -6.42. The van der Waals surface area contributed by atoms with E-state index in [1.807, 2.05) is 0 Å². The molecule has 3 aliphatic rings. The molecular formula is C25H51N7O10. The van der Waals surface area contributed by atoms with Crippen LogP contribution in [0.4, 0.5) is 0 Å². The van der Waals surface area contributed by atoms with Crippen molar-refractivity contribution < 1.29 is 49.3 Å². The topological polar surface area (TPSA) is 309 Å². The number of aliphatic hydroxyl groups excluding tert-OH is 5. The standard InChI is InChI=1S/C25H51N7O10/c26-5-4-15(35)23(38)32-14-8-13(29)21(41-24-12(28)3-2-11(9-27)39-24)18(31-6-1-7-33)22(14)42-25-20(37)17(30)19(36)16(10-34)40-25/h11-22,24-25,31,33-37H,1-10,26-30H2,(H,32,38)/t11?,12?,13-,14+,15-,16?,17-,18?,19+,20?,21?,22-,24+,25+/m0/s1. The van der Waals surface area contributed by atoms with E-state index in [-0.39, 0.29) is 38.6 Å². The summed E-state index contributed by atoms with van der Waals surface area (Å²) >= 11 is 0. The molecule has 246 valence electrons. The van der Waals surface area contributed by atoms with Crippen LogP contribution in [0, 0.1) is 0 Å². The molecular weight excluding hydrogens is 558 g/mol. The lowest BCUT2D eigenvalue weighted by molar-refractivity contribution is -0.303. The first-order valence-electron chi connectivity index (χ1n) is 14.6. The summed E-state index contributed by atoms with van der Waals surface area (Å²) in [5.41, 5.74) is 30.3. The second kappa shape index (κ2) is 16.8. The lowest BCUT2D eigenvalue weighted by Gasteiger charge is -2.50. The van der Waals surface area contributed by atoms with Crippen molar-refractivity contribution in [3.8, 4) is 0 Å². The van der Waals surface area contributed by atoms with Crippen LogP contribution in [-0.4, -0.2) is 150 Å². The molecule has 0 aromatic rings. The van der Waals surface area contributed by atoms with Gasteiger partial charge in [0.2, 0.25) is 5.91 Å². The Bertz CT molecular complexity index is 820. The first-order chi connectivity index (χ1) is 20.1. The highest BCUT2D eigenvalue weighted by atomic mass is 16.7. The molecule has 0 spiro atoms. The van der Waals surface area contributed by atoms with Gasteiger partial charge >= 0.3 is 0 Å². The molecule has 2 heterocycles. The number of nitrogens with one attached hydrogen (secondary N) is 2. The number of amides is 1. The highest BCUT2D eigenvalue weighted by molar-refractivity contribution is 5.80. The Morgan fingerprint density at radius 2 is 1.69 bits per heavy atom. The fraction of sp³-hybridized carbons (Fsp3) is 0.960. The summed E-state index contributed by atoms with van der Waals surface area (Å²) in [7, 11) is 0. The van der Waals surface area contributed by atoms with Crippen LogP contribution >= 0.6 is 0 Å². The monoisotopic (exact) mass is 609 g/mol. The first-order valence-corrected chi connectivity index (χ1v) is 14.6. The lowest BCUT2D eigenvalue weighted by atomic mass is 9.81. The Morgan fingerprint density at radius 3 is 2.33 bits per heavy atom. The highest BCUT2D eigenvalue weighted by Crippen LogP contribution is 2.31. The molecule has 6 unspecified atom stereocenters. The van der Waals surface area contributed by atoms with Gasteiger partial charge in [-0.3, -0.25) is 4.79 Å². The normalized spacial score (nSPS) is 41.8.